The predicted molar refractivity (Wildman–Crippen MR) is 147 cm³/mol. The number of aliphatic hydroxyl groups excluding tert-OH is 1. The molecule has 1 spiro atoms. The number of unbranched alkanes of at least 4 members (excludes halogenated alkanes) is 3. The fraction of sp³-hybridized carbons (Fsp3) is 0.607. The third-order valence-corrected chi connectivity index (χ3v) is 10.4. The van der Waals surface area contributed by atoms with Crippen LogP contribution in [0.15, 0.2) is 36.9 Å². The van der Waals surface area contributed by atoms with Gasteiger partial charge in [0.05, 0.1) is 23.2 Å². The second-order valence-corrected chi connectivity index (χ2v) is 12.2. The SMILES string of the molecule is C=CCN(C(=O)C1N(CCCCCCO)C(=O)[C@@H]2[C@@H](C(=O)OCC)[C@H]3CC(C)C12S3)c1ccc(Cl)cc1. The molecule has 1 aromatic carbocycles. The lowest BCUT2D eigenvalue weighted by Crippen LogP contribution is -2.57. The van der Waals surface area contributed by atoms with Gasteiger partial charge in [-0.2, -0.15) is 0 Å². The minimum absolute atomic E-state index is 0.0339. The third-order valence-electron chi connectivity index (χ3n) is 8.06. The summed E-state index contributed by atoms with van der Waals surface area (Å²) in [5, 5.41) is 9.67. The van der Waals surface area contributed by atoms with Crippen LogP contribution >= 0.6 is 23.4 Å². The summed E-state index contributed by atoms with van der Waals surface area (Å²) in [6.45, 7) is 8.88. The highest BCUT2D eigenvalue weighted by Crippen LogP contribution is 2.68. The van der Waals surface area contributed by atoms with Gasteiger partial charge in [-0.3, -0.25) is 14.4 Å². The van der Waals surface area contributed by atoms with Gasteiger partial charge in [0, 0.05) is 35.7 Å². The number of hydrogen-bond donors (Lipinski definition) is 1. The Labute approximate surface area is 228 Å². The van der Waals surface area contributed by atoms with Gasteiger partial charge >= 0.3 is 5.97 Å². The highest BCUT2D eigenvalue weighted by Gasteiger charge is 2.76. The molecule has 9 heteroatoms. The number of halogens is 1. The normalized spacial score (nSPS) is 29.9. The van der Waals surface area contributed by atoms with Crippen LogP contribution in [0.4, 0.5) is 5.69 Å². The number of anilines is 1. The molecule has 7 nitrogen and oxygen atoms in total. The van der Waals surface area contributed by atoms with Gasteiger partial charge in [-0.05, 0) is 56.4 Å². The zero-order valence-corrected chi connectivity index (χ0v) is 23.2. The number of fused-ring (bicyclic) bond motifs is 1. The van der Waals surface area contributed by atoms with Crippen LogP contribution in [0, 0.1) is 17.8 Å². The van der Waals surface area contributed by atoms with Crippen LogP contribution in [-0.4, -0.2) is 70.1 Å². The van der Waals surface area contributed by atoms with Crippen molar-refractivity contribution in [2.45, 2.75) is 62.0 Å². The summed E-state index contributed by atoms with van der Waals surface area (Å²) in [7, 11) is 0. The third kappa shape index (κ3) is 4.92. The molecule has 202 valence electrons. The van der Waals surface area contributed by atoms with Crippen molar-refractivity contribution in [3.63, 3.8) is 0 Å². The average Bonchev–Trinajstić information content (AvgIpc) is 3.46. The Morgan fingerprint density at radius 2 is 1.97 bits per heavy atom. The fourth-order valence-corrected chi connectivity index (χ4v) is 9.04. The minimum Gasteiger partial charge on any atom is -0.466 e. The van der Waals surface area contributed by atoms with Gasteiger partial charge in [-0.25, -0.2) is 0 Å². The second kappa shape index (κ2) is 11.8. The van der Waals surface area contributed by atoms with E-state index in [1.807, 2.05) is 0 Å². The summed E-state index contributed by atoms with van der Waals surface area (Å²) in [6, 6.07) is 6.41. The Morgan fingerprint density at radius 3 is 2.62 bits per heavy atom. The number of hydrogen-bond acceptors (Lipinski definition) is 6. The summed E-state index contributed by atoms with van der Waals surface area (Å²) in [5.74, 6) is -1.62. The van der Waals surface area contributed by atoms with Crippen LogP contribution in [0.1, 0.15) is 46.0 Å². The fourth-order valence-electron chi connectivity index (χ4n) is 6.51. The largest absolute Gasteiger partial charge is 0.466 e. The number of likely N-dealkylation sites (tertiary alicyclic amines) is 1. The molecule has 2 amide bonds. The number of rotatable bonds is 12. The maximum absolute atomic E-state index is 14.5. The first-order valence-corrected chi connectivity index (χ1v) is 14.5. The van der Waals surface area contributed by atoms with E-state index < -0.39 is 22.6 Å². The lowest BCUT2D eigenvalue weighted by molar-refractivity contribution is -0.154. The topological polar surface area (TPSA) is 87.2 Å². The van der Waals surface area contributed by atoms with Gasteiger partial charge < -0.3 is 19.6 Å². The number of aliphatic hydroxyl groups is 1. The molecule has 0 aromatic heterocycles. The molecule has 1 aromatic rings. The van der Waals surface area contributed by atoms with Gasteiger partial charge in [-0.1, -0.05) is 37.4 Å². The molecule has 4 rings (SSSR count). The van der Waals surface area contributed by atoms with E-state index in [9.17, 15) is 14.4 Å². The second-order valence-electron chi connectivity index (χ2n) is 10.2. The Morgan fingerprint density at radius 1 is 1.27 bits per heavy atom. The number of esters is 1. The van der Waals surface area contributed by atoms with Crippen LogP contribution in [-0.2, 0) is 19.1 Å². The average molecular weight is 549 g/mol. The summed E-state index contributed by atoms with van der Waals surface area (Å²) in [5.41, 5.74) is 0.691. The maximum Gasteiger partial charge on any atom is 0.310 e. The maximum atomic E-state index is 14.5. The molecule has 0 radical (unpaired) electrons. The monoisotopic (exact) mass is 548 g/mol. The summed E-state index contributed by atoms with van der Waals surface area (Å²) in [6.07, 6.45) is 5.61. The van der Waals surface area contributed by atoms with Crippen molar-refractivity contribution in [3.05, 3.63) is 41.9 Å². The van der Waals surface area contributed by atoms with Gasteiger partial charge in [0.25, 0.3) is 5.91 Å². The van der Waals surface area contributed by atoms with Gasteiger partial charge in [0.1, 0.15) is 6.04 Å². The molecule has 3 unspecified atom stereocenters. The van der Waals surface area contributed by atoms with E-state index in [0.717, 1.165) is 25.7 Å². The van der Waals surface area contributed by atoms with E-state index in [-0.39, 0.29) is 42.2 Å². The highest BCUT2D eigenvalue weighted by atomic mass is 35.5. The minimum atomic E-state index is -0.692. The zero-order chi connectivity index (χ0) is 26.7. The Hall–Kier alpha value is -2.03. The van der Waals surface area contributed by atoms with Gasteiger partial charge in [-0.15, -0.1) is 18.3 Å². The van der Waals surface area contributed by atoms with E-state index in [2.05, 4.69) is 13.5 Å². The molecular formula is C28H37ClN2O5S. The Bertz CT molecular complexity index is 1020. The lowest BCUT2D eigenvalue weighted by atomic mass is 9.66. The van der Waals surface area contributed by atoms with Crippen molar-refractivity contribution in [3.8, 4) is 0 Å². The molecule has 6 atom stereocenters. The predicted octanol–water partition coefficient (Wildman–Crippen LogP) is 4.31. The van der Waals surface area contributed by atoms with Crippen molar-refractivity contribution >= 4 is 46.8 Å². The van der Waals surface area contributed by atoms with Crippen molar-refractivity contribution in [2.75, 3.05) is 31.2 Å². The molecule has 37 heavy (non-hydrogen) atoms. The molecular weight excluding hydrogens is 512 g/mol. The van der Waals surface area contributed by atoms with Gasteiger partial charge in [0.15, 0.2) is 0 Å². The Balaban J connectivity index is 1.73. The molecule has 3 fully saturated rings. The Kier molecular flexibility index (Phi) is 8.92. The number of carbonyl (C=O) groups is 3. The van der Waals surface area contributed by atoms with E-state index in [1.54, 1.807) is 58.8 Å². The standard InChI is InChI=1S/C28H37ClN2O5S/c1-4-14-30(20-12-10-19(29)11-13-20)26(34)24-28-18(3)17-21(37-28)22(27(35)36-5-2)23(28)25(33)31(24)15-8-6-7-9-16-32/h4,10-13,18,21-24,32H,1,5-9,14-17H2,2-3H3/t18?,21-,22+,23+,24?,28?/m1/s1. The van der Waals surface area contributed by atoms with Crippen molar-refractivity contribution < 1.29 is 24.2 Å². The van der Waals surface area contributed by atoms with Crippen LogP contribution in [0.2, 0.25) is 5.02 Å². The number of benzene rings is 1. The first kappa shape index (κ1) is 28.0. The number of carbonyl (C=O) groups excluding carboxylic acids is 3. The molecule has 3 saturated heterocycles. The summed E-state index contributed by atoms with van der Waals surface area (Å²) < 4.78 is 4.73. The van der Waals surface area contributed by atoms with Crippen molar-refractivity contribution in [1.29, 1.82) is 0 Å². The summed E-state index contributed by atoms with van der Waals surface area (Å²) in [4.78, 5) is 45.1. The van der Waals surface area contributed by atoms with E-state index in [1.165, 1.54) is 0 Å². The highest BCUT2D eigenvalue weighted by molar-refractivity contribution is 8.02. The van der Waals surface area contributed by atoms with Crippen LogP contribution in [0.25, 0.3) is 0 Å². The number of thioether (sulfide) groups is 1. The first-order valence-electron chi connectivity index (χ1n) is 13.2. The first-order chi connectivity index (χ1) is 17.8. The van der Waals surface area contributed by atoms with E-state index in [0.29, 0.717) is 30.2 Å². The molecule has 2 bridgehead atoms. The lowest BCUT2D eigenvalue weighted by Gasteiger charge is -2.40. The molecule has 0 aliphatic carbocycles. The molecule has 3 heterocycles. The van der Waals surface area contributed by atoms with Crippen LogP contribution in [0.3, 0.4) is 0 Å². The van der Waals surface area contributed by atoms with Crippen LogP contribution in [0.5, 0.6) is 0 Å². The zero-order valence-electron chi connectivity index (χ0n) is 21.6. The smallest absolute Gasteiger partial charge is 0.310 e. The van der Waals surface area contributed by atoms with Crippen molar-refractivity contribution in [2.24, 2.45) is 17.8 Å². The van der Waals surface area contributed by atoms with E-state index >= 15 is 0 Å². The number of amides is 2. The van der Waals surface area contributed by atoms with E-state index in [4.69, 9.17) is 21.4 Å². The van der Waals surface area contributed by atoms with Gasteiger partial charge in [0.2, 0.25) is 5.91 Å². The van der Waals surface area contributed by atoms with Crippen LogP contribution < -0.4 is 4.90 Å². The molecule has 3 aliphatic heterocycles. The molecule has 1 N–H and O–H groups in total. The summed E-state index contributed by atoms with van der Waals surface area (Å²) >= 11 is 7.76. The molecule has 3 aliphatic rings. The van der Waals surface area contributed by atoms with Crippen molar-refractivity contribution in [1.82, 2.24) is 4.90 Å². The number of ether oxygens (including phenoxy) is 1. The molecule has 0 saturated carbocycles. The quantitative estimate of drug-likeness (QED) is 0.238. The number of nitrogens with zero attached hydrogens (tertiary/aromatic N) is 2.